The molecule has 0 bridgehead atoms. The summed E-state index contributed by atoms with van der Waals surface area (Å²) in [7, 11) is 0. The van der Waals surface area contributed by atoms with Crippen LogP contribution in [0.3, 0.4) is 0 Å². The number of nitrogens with zero attached hydrogens (tertiary/aromatic N) is 3. The maximum atomic E-state index is 15.8. The Bertz CT molecular complexity index is 1570. The number of fused-ring (bicyclic) bond motifs is 1. The van der Waals surface area contributed by atoms with Crippen molar-refractivity contribution in [1.29, 1.82) is 0 Å². The lowest BCUT2D eigenvalue weighted by atomic mass is 9.97. The molecule has 5 rings (SSSR count). The molecule has 0 aliphatic carbocycles. The smallest absolute Gasteiger partial charge is 0.316 e. The quantitative estimate of drug-likeness (QED) is 0.276. The SMILES string of the molecule is CCc1cccc(CC)c1-n1nc2c(c1-c1cc(F)c(NC(N)=O)cc1F)CN(Cc1ccc(C)cc1C)CC2. The number of hydrogen-bond acceptors (Lipinski definition) is 3. The molecule has 0 saturated carbocycles. The van der Waals surface area contributed by atoms with Crippen LogP contribution in [0.4, 0.5) is 19.3 Å². The zero-order valence-corrected chi connectivity index (χ0v) is 23.4. The van der Waals surface area contributed by atoms with E-state index < -0.39 is 17.7 Å². The summed E-state index contributed by atoms with van der Waals surface area (Å²) in [6.45, 7) is 10.5. The molecule has 208 valence electrons. The number of nitrogens with one attached hydrogen (secondary N) is 1. The molecule has 1 aromatic heterocycles. The van der Waals surface area contributed by atoms with Crippen molar-refractivity contribution in [1.82, 2.24) is 14.7 Å². The molecule has 8 heteroatoms. The summed E-state index contributed by atoms with van der Waals surface area (Å²) in [5, 5.41) is 7.21. The molecule has 6 nitrogen and oxygen atoms in total. The topological polar surface area (TPSA) is 76.2 Å². The van der Waals surface area contributed by atoms with E-state index in [2.05, 4.69) is 68.2 Å². The number of anilines is 1. The summed E-state index contributed by atoms with van der Waals surface area (Å²) in [5.41, 5.74) is 14.1. The average molecular weight is 544 g/mol. The maximum Gasteiger partial charge on any atom is 0.316 e. The van der Waals surface area contributed by atoms with Crippen LogP contribution >= 0.6 is 0 Å². The number of rotatable bonds is 7. The Morgan fingerprint density at radius 2 is 1.73 bits per heavy atom. The third kappa shape index (κ3) is 5.23. The van der Waals surface area contributed by atoms with E-state index in [1.165, 1.54) is 16.7 Å². The summed E-state index contributed by atoms with van der Waals surface area (Å²) >= 11 is 0. The van der Waals surface area contributed by atoms with Crippen molar-refractivity contribution in [2.75, 3.05) is 11.9 Å². The largest absolute Gasteiger partial charge is 0.351 e. The lowest BCUT2D eigenvalue weighted by Crippen LogP contribution is -2.30. The van der Waals surface area contributed by atoms with Crippen molar-refractivity contribution < 1.29 is 13.6 Å². The van der Waals surface area contributed by atoms with Gasteiger partial charge in [-0.05, 0) is 55.0 Å². The van der Waals surface area contributed by atoms with E-state index in [0.29, 0.717) is 18.7 Å². The molecule has 0 spiro atoms. The predicted octanol–water partition coefficient (Wildman–Crippen LogP) is 6.61. The van der Waals surface area contributed by atoms with Crippen molar-refractivity contribution in [2.24, 2.45) is 5.73 Å². The average Bonchev–Trinajstić information content (AvgIpc) is 3.29. The van der Waals surface area contributed by atoms with Crippen LogP contribution in [0, 0.1) is 25.5 Å². The van der Waals surface area contributed by atoms with E-state index in [1.807, 2.05) is 10.7 Å². The van der Waals surface area contributed by atoms with Crippen LogP contribution in [0.2, 0.25) is 0 Å². The molecule has 2 amide bonds. The number of benzene rings is 3. The first-order valence-corrected chi connectivity index (χ1v) is 13.8. The van der Waals surface area contributed by atoms with Gasteiger partial charge in [-0.2, -0.15) is 5.10 Å². The van der Waals surface area contributed by atoms with Crippen LogP contribution in [0.15, 0.2) is 48.5 Å². The standard InChI is InChI=1S/C32H35F2N5O/c1-5-21-8-7-9-22(6-2)30(21)39-31(24-15-27(34)29(16-26(24)33)36-32(35)40)25-18-38(13-12-28(25)37-39)17-23-11-10-19(3)14-20(23)4/h7-11,14-16H,5-6,12-13,17-18H2,1-4H3,(H3,35,36,40). The molecule has 0 saturated heterocycles. The van der Waals surface area contributed by atoms with Crippen LogP contribution in [0.25, 0.3) is 16.9 Å². The van der Waals surface area contributed by atoms with E-state index in [-0.39, 0.29) is 11.3 Å². The number of aryl methyl sites for hydroxylation is 4. The first-order valence-electron chi connectivity index (χ1n) is 13.8. The molecule has 2 heterocycles. The van der Waals surface area contributed by atoms with E-state index in [1.54, 1.807) is 0 Å². The first kappa shape index (κ1) is 27.5. The highest BCUT2D eigenvalue weighted by Crippen LogP contribution is 2.38. The molecule has 0 fully saturated rings. The number of urea groups is 1. The third-order valence-corrected chi connectivity index (χ3v) is 7.75. The summed E-state index contributed by atoms with van der Waals surface area (Å²) < 4.78 is 32.8. The van der Waals surface area contributed by atoms with E-state index in [9.17, 15) is 4.79 Å². The molecular weight excluding hydrogens is 508 g/mol. The monoisotopic (exact) mass is 543 g/mol. The van der Waals surface area contributed by atoms with Gasteiger partial charge >= 0.3 is 6.03 Å². The van der Waals surface area contributed by atoms with Crippen molar-refractivity contribution in [2.45, 2.75) is 60.0 Å². The summed E-state index contributed by atoms with van der Waals surface area (Å²) in [6, 6.07) is 13.8. The van der Waals surface area contributed by atoms with Gasteiger partial charge in [0.25, 0.3) is 0 Å². The van der Waals surface area contributed by atoms with Gasteiger partial charge in [-0.1, -0.05) is 55.8 Å². The van der Waals surface area contributed by atoms with Crippen molar-refractivity contribution >= 4 is 11.7 Å². The number of para-hydroxylation sites is 1. The molecule has 0 unspecified atom stereocenters. The Balaban J connectivity index is 1.68. The lowest BCUT2D eigenvalue weighted by Gasteiger charge is -2.27. The normalized spacial score (nSPS) is 13.3. The minimum Gasteiger partial charge on any atom is -0.351 e. The Morgan fingerprint density at radius 1 is 1.00 bits per heavy atom. The molecule has 0 radical (unpaired) electrons. The fraction of sp³-hybridized carbons (Fsp3) is 0.312. The molecule has 3 N–H and O–H groups in total. The number of nitrogens with two attached hydrogens (primary N) is 1. The minimum absolute atomic E-state index is 0.0996. The lowest BCUT2D eigenvalue weighted by molar-refractivity contribution is 0.244. The summed E-state index contributed by atoms with van der Waals surface area (Å²) in [4.78, 5) is 13.7. The van der Waals surface area contributed by atoms with Crippen LogP contribution in [0.5, 0.6) is 0 Å². The second kappa shape index (κ2) is 11.2. The van der Waals surface area contributed by atoms with Crippen LogP contribution < -0.4 is 11.1 Å². The summed E-state index contributed by atoms with van der Waals surface area (Å²) in [5.74, 6) is -1.42. The van der Waals surface area contributed by atoms with Crippen molar-refractivity contribution in [3.63, 3.8) is 0 Å². The fourth-order valence-corrected chi connectivity index (χ4v) is 5.71. The van der Waals surface area contributed by atoms with Gasteiger partial charge in [-0.25, -0.2) is 18.3 Å². The second-order valence-corrected chi connectivity index (χ2v) is 10.5. The highest BCUT2D eigenvalue weighted by Gasteiger charge is 2.30. The number of halogens is 2. The van der Waals surface area contributed by atoms with Crippen LogP contribution in [-0.2, 0) is 32.4 Å². The zero-order valence-electron chi connectivity index (χ0n) is 23.4. The van der Waals surface area contributed by atoms with Gasteiger partial charge in [0.2, 0.25) is 0 Å². The maximum absolute atomic E-state index is 15.8. The molecule has 1 aliphatic rings. The Morgan fingerprint density at radius 3 is 2.38 bits per heavy atom. The Kier molecular flexibility index (Phi) is 7.72. The highest BCUT2D eigenvalue weighted by molar-refractivity contribution is 5.88. The van der Waals surface area contributed by atoms with Crippen LogP contribution in [-0.4, -0.2) is 27.3 Å². The fourth-order valence-electron chi connectivity index (χ4n) is 5.71. The van der Waals surface area contributed by atoms with E-state index >= 15 is 8.78 Å². The van der Waals surface area contributed by atoms with Gasteiger partial charge in [0, 0.05) is 43.2 Å². The predicted molar refractivity (Wildman–Crippen MR) is 155 cm³/mol. The number of hydrogen-bond donors (Lipinski definition) is 2. The molecular formula is C32H35F2N5O. The Hall–Kier alpha value is -4.04. The molecule has 40 heavy (non-hydrogen) atoms. The van der Waals surface area contributed by atoms with E-state index in [0.717, 1.165) is 66.1 Å². The highest BCUT2D eigenvalue weighted by atomic mass is 19.1. The van der Waals surface area contributed by atoms with Crippen molar-refractivity contribution in [3.05, 3.63) is 99.2 Å². The van der Waals surface area contributed by atoms with Crippen LogP contribution in [0.1, 0.15) is 52.9 Å². The zero-order chi connectivity index (χ0) is 28.6. The summed E-state index contributed by atoms with van der Waals surface area (Å²) in [6.07, 6.45) is 2.23. The van der Waals surface area contributed by atoms with Gasteiger partial charge in [0.05, 0.1) is 22.8 Å². The number of amides is 2. The first-order chi connectivity index (χ1) is 19.2. The van der Waals surface area contributed by atoms with Crippen molar-refractivity contribution in [3.8, 4) is 16.9 Å². The number of aromatic nitrogens is 2. The molecule has 1 aliphatic heterocycles. The minimum atomic E-state index is -0.958. The molecule has 0 atom stereocenters. The number of carbonyl (C=O) groups is 1. The molecule has 4 aromatic rings. The second-order valence-electron chi connectivity index (χ2n) is 10.5. The van der Waals surface area contributed by atoms with E-state index in [4.69, 9.17) is 10.8 Å². The van der Waals surface area contributed by atoms with Gasteiger partial charge in [0.15, 0.2) is 0 Å². The number of carbonyl (C=O) groups excluding carboxylic acids is 1. The third-order valence-electron chi connectivity index (χ3n) is 7.75. The van der Waals surface area contributed by atoms with Gasteiger partial charge in [-0.3, -0.25) is 4.90 Å². The van der Waals surface area contributed by atoms with Gasteiger partial charge < -0.3 is 11.1 Å². The Labute approximate surface area is 233 Å². The van der Waals surface area contributed by atoms with Gasteiger partial charge in [0.1, 0.15) is 11.6 Å². The molecule has 3 aromatic carbocycles. The number of primary amides is 1. The van der Waals surface area contributed by atoms with Gasteiger partial charge in [-0.15, -0.1) is 0 Å².